The second-order valence-corrected chi connectivity index (χ2v) is 10.5. The van der Waals surface area contributed by atoms with Crippen LogP contribution >= 0.6 is 22.9 Å². The highest BCUT2D eigenvalue weighted by Gasteiger charge is 2.34. The van der Waals surface area contributed by atoms with Gasteiger partial charge in [-0.05, 0) is 61.0 Å². The van der Waals surface area contributed by atoms with E-state index in [0.29, 0.717) is 33.2 Å². The van der Waals surface area contributed by atoms with Gasteiger partial charge in [-0.1, -0.05) is 54.9 Å². The molecule has 0 aliphatic heterocycles. The highest BCUT2D eigenvalue weighted by Crippen LogP contribution is 2.29. The molecular formula is C28H32ClN3O4S. The van der Waals surface area contributed by atoms with Crippen LogP contribution in [0.2, 0.25) is 5.02 Å². The molecule has 7 nitrogen and oxygen atoms in total. The van der Waals surface area contributed by atoms with Crippen LogP contribution in [0.3, 0.4) is 0 Å². The van der Waals surface area contributed by atoms with Crippen molar-refractivity contribution >= 4 is 40.7 Å². The summed E-state index contributed by atoms with van der Waals surface area (Å²) in [6.07, 6.45) is 0.693. The van der Waals surface area contributed by atoms with E-state index in [4.69, 9.17) is 16.3 Å². The normalized spacial score (nSPS) is 11.9. The summed E-state index contributed by atoms with van der Waals surface area (Å²) in [7, 11) is 1.54. The molecule has 2 aromatic carbocycles. The van der Waals surface area contributed by atoms with Gasteiger partial charge in [0.05, 0.1) is 18.5 Å². The number of amides is 3. The molecule has 196 valence electrons. The van der Waals surface area contributed by atoms with Gasteiger partial charge in [-0.25, -0.2) is 0 Å². The van der Waals surface area contributed by atoms with Crippen LogP contribution in [-0.4, -0.2) is 41.8 Å². The Labute approximate surface area is 226 Å². The number of benzene rings is 2. The van der Waals surface area contributed by atoms with E-state index >= 15 is 0 Å². The van der Waals surface area contributed by atoms with E-state index in [0.717, 1.165) is 0 Å². The molecule has 0 aliphatic carbocycles. The molecule has 0 saturated carbocycles. The van der Waals surface area contributed by atoms with E-state index in [1.807, 2.05) is 32.9 Å². The zero-order chi connectivity index (χ0) is 27.0. The zero-order valence-corrected chi connectivity index (χ0v) is 23.0. The van der Waals surface area contributed by atoms with E-state index in [1.54, 1.807) is 61.0 Å². The number of hydrogen-bond donors (Lipinski definition) is 2. The molecule has 37 heavy (non-hydrogen) atoms. The van der Waals surface area contributed by atoms with E-state index in [-0.39, 0.29) is 24.9 Å². The van der Waals surface area contributed by atoms with Crippen LogP contribution in [0, 0.1) is 0 Å². The third-order valence-electron chi connectivity index (χ3n) is 6.08. The first-order chi connectivity index (χ1) is 17.6. The number of thiophene rings is 1. The molecule has 9 heteroatoms. The summed E-state index contributed by atoms with van der Waals surface area (Å²) in [5.74, 6) is -0.566. The average Bonchev–Trinajstić information content (AvgIpc) is 3.43. The maximum atomic E-state index is 13.8. The molecule has 1 atom stereocenters. The Bertz CT molecular complexity index is 1230. The van der Waals surface area contributed by atoms with Crippen molar-refractivity contribution in [3.63, 3.8) is 0 Å². The average molecular weight is 542 g/mol. The van der Waals surface area contributed by atoms with Gasteiger partial charge in [0.2, 0.25) is 11.8 Å². The summed E-state index contributed by atoms with van der Waals surface area (Å²) in [6.45, 7) is 5.61. The summed E-state index contributed by atoms with van der Waals surface area (Å²) >= 11 is 7.73. The first-order valence-electron chi connectivity index (χ1n) is 12.0. The number of nitrogens with zero attached hydrogens (tertiary/aromatic N) is 1. The number of carbonyl (C=O) groups is 3. The van der Waals surface area contributed by atoms with Crippen molar-refractivity contribution in [2.75, 3.05) is 13.7 Å². The maximum absolute atomic E-state index is 13.8. The van der Waals surface area contributed by atoms with Crippen molar-refractivity contribution in [1.82, 2.24) is 15.5 Å². The number of hydrogen-bond acceptors (Lipinski definition) is 5. The van der Waals surface area contributed by atoms with Crippen molar-refractivity contribution in [2.45, 2.75) is 45.3 Å². The Kier molecular flexibility index (Phi) is 9.72. The van der Waals surface area contributed by atoms with E-state index in [1.165, 1.54) is 16.2 Å². The minimum Gasteiger partial charge on any atom is -0.497 e. The van der Waals surface area contributed by atoms with Crippen LogP contribution in [0.5, 0.6) is 5.75 Å². The monoisotopic (exact) mass is 541 g/mol. The predicted molar refractivity (Wildman–Crippen MR) is 147 cm³/mol. The third-order valence-corrected chi connectivity index (χ3v) is 7.32. The van der Waals surface area contributed by atoms with E-state index in [9.17, 15) is 14.4 Å². The topological polar surface area (TPSA) is 87.7 Å². The Morgan fingerprint density at radius 2 is 1.84 bits per heavy atom. The number of halogens is 1. The van der Waals surface area contributed by atoms with Gasteiger partial charge in [-0.2, -0.15) is 0 Å². The second kappa shape index (κ2) is 12.7. The minimum atomic E-state index is -0.997. The summed E-state index contributed by atoms with van der Waals surface area (Å²) in [6, 6.07) is 16.7. The van der Waals surface area contributed by atoms with Gasteiger partial charge in [-0.3, -0.25) is 14.4 Å². The SMILES string of the molecule is CCC(C)(C)NC(=O)C(c1cccc(OC)c1)N(Cc1ccccc1Cl)C(=O)CNC(=O)c1cccs1. The standard InChI is InChI=1S/C28H32ClN3O4S/c1-5-28(2,3)31-27(35)25(19-11-8-12-21(16-19)36-4)32(18-20-10-6-7-13-22(20)29)24(33)17-30-26(34)23-14-9-15-37-23/h6-16,25H,5,17-18H2,1-4H3,(H,30,34)(H,31,35). The van der Waals surface area contributed by atoms with Crippen molar-refractivity contribution in [3.8, 4) is 5.75 Å². The number of methoxy groups -OCH3 is 1. The van der Waals surface area contributed by atoms with Gasteiger partial charge in [0.15, 0.2) is 0 Å². The fourth-order valence-electron chi connectivity index (χ4n) is 3.66. The number of carbonyl (C=O) groups excluding carboxylic acids is 3. The number of nitrogens with one attached hydrogen (secondary N) is 2. The first-order valence-corrected chi connectivity index (χ1v) is 13.2. The van der Waals surface area contributed by atoms with Crippen LogP contribution in [0.1, 0.15) is 54.0 Å². The quantitative estimate of drug-likeness (QED) is 0.348. The van der Waals surface area contributed by atoms with Gasteiger partial charge in [0.25, 0.3) is 5.91 Å². The molecule has 0 spiro atoms. The van der Waals surface area contributed by atoms with Crippen LogP contribution in [0.15, 0.2) is 66.0 Å². The Morgan fingerprint density at radius 1 is 1.08 bits per heavy atom. The molecule has 1 aromatic heterocycles. The molecule has 2 N–H and O–H groups in total. The van der Waals surface area contributed by atoms with Gasteiger partial charge < -0.3 is 20.3 Å². The lowest BCUT2D eigenvalue weighted by Gasteiger charge is -2.35. The molecule has 3 rings (SSSR count). The molecule has 1 heterocycles. The summed E-state index contributed by atoms with van der Waals surface area (Å²) in [5.41, 5.74) is 0.757. The van der Waals surface area contributed by atoms with Crippen LogP contribution < -0.4 is 15.4 Å². The molecule has 0 radical (unpaired) electrons. The lowest BCUT2D eigenvalue weighted by Crippen LogP contribution is -2.51. The summed E-state index contributed by atoms with van der Waals surface area (Å²) in [5, 5.41) is 8.02. The van der Waals surface area contributed by atoms with Crippen molar-refractivity contribution in [1.29, 1.82) is 0 Å². The Hall–Kier alpha value is -3.36. The smallest absolute Gasteiger partial charge is 0.261 e. The molecule has 0 bridgehead atoms. The van der Waals surface area contributed by atoms with Gasteiger partial charge >= 0.3 is 0 Å². The van der Waals surface area contributed by atoms with E-state index in [2.05, 4.69) is 10.6 Å². The lowest BCUT2D eigenvalue weighted by molar-refractivity contribution is -0.141. The molecular weight excluding hydrogens is 510 g/mol. The second-order valence-electron chi connectivity index (χ2n) is 9.18. The number of ether oxygens (including phenoxy) is 1. The fourth-order valence-corrected chi connectivity index (χ4v) is 4.50. The molecule has 0 fully saturated rings. The van der Waals surface area contributed by atoms with Crippen molar-refractivity contribution in [3.05, 3.63) is 87.1 Å². The van der Waals surface area contributed by atoms with Gasteiger partial charge in [-0.15, -0.1) is 11.3 Å². The molecule has 3 amide bonds. The largest absolute Gasteiger partial charge is 0.497 e. The lowest BCUT2D eigenvalue weighted by atomic mass is 9.98. The maximum Gasteiger partial charge on any atom is 0.261 e. The zero-order valence-electron chi connectivity index (χ0n) is 21.4. The number of rotatable bonds is 11. The summed E-state index contributed by atoms with van der Waals surface area (Å²) in [4.78, 5) is 42.0. The van der Waals surface area contributed by atoms with Gasteiger partial charge in [0, 0.05) is 17.1 Å². The van der Waals surface area contributed by atoms with Crippen molar-refractivity contribution in [2.24, 2.45) is 0 Å². The van der Waals surface area contributed by atoms with E-state index < -0.39 is 17.5 Å². The summed E-state index contributed by atoms with van der Waals surface area (Å²) < 4.78 is 5.39. The predicted octanol–water partition coefficient (Wildman–Crippen LogP) is 5.21. The van der Waals surface area contributed by atoms with Crippen LogP contribution in [0.25, 0.3) is 0 Å². The molecule has 0 aliphatic rings. The Balaban J connectivity index is 2.02. The highest BCUT2D eigenvalue weighted by molar-refractivity contribution is 7.12. The third kappa shape index (κ3) is 7.57. The van der Waals surface area contributed by atoms with Crippen LogP contribution in [0.4, 0.5) is 0 Å². The minimum absolute atomic E-state index is 0.0647. The highest BCUT2D eigenvalue weighted by atomic mass is 35.5. The Morgan fingerprint density at radius 3 is 2.49 bits per heavy atom. The van der Waals surface area contributed by atoms with Crippen molar-refractivity contribution < 1.29 is 19.1 Å². The van der Waals surface area contributed by atoms with Gasteiger partial charge in [0.1, 0.15) is 11.8 Å². The first kappa shape index (κ1) is 28.2. The molecule has 0 saturated heterocycles. The molecule has 3 aromatic rings. The fraction of sp³-hybridized carbons (Fsp3) is 0.321. The van der Waals surface area contributed by atoms with Crippen LogP contribution in [-0.2, 0) is 16.1 Å². The molecule has 1 unspecified atom stereocenters.